The van der Waals surface area contributed by atoms with Gasteiger partial charge in [0.2, 0.25) is 0 Å². The predicted octanol–water partition coefficient (Wildman–Crippen LogP) is 6.65. The number of hydrogen-bond donors (Lipinski definition) is 0. The lowest BCUT2D eigenvalue weighted by molar-refractivity contribution is 0.624. The van der Waals surface area contributed by atoms with Gasteiger partial charge >= 0.3 is 0 Å². The van der Waals surface area contributed by atoms with Gasteiger partial charge in [0.25, 0.3) is 0 Å². The summed E-state index contributed by atoms with van der Waals surface area (Å²) < 4.78 is 0. The van der Waals surface area contributed by atoms with E-state index >= 15 is 0 Å². The minimum atomic E-state index is 1.31. The maximum Gasteiger partial charge on any atom is -0.0323 e. The van der Waals surface area contributed by atoms with Crippen LogP contribution < -0.4 is 0 Å². The van der Waals surface area contributed by atoms with Crippen molar-refractivity contribution in [1.82, 2.24) is 0 Å². The van der Waals surface area contributed by atoms with Gasteiger partial charge in [0.15, 0.2) is 0 Å². The second-order valence-corrected chi connectivity index (χ2v) is 5.42. The molecule has 0 saturated heterocycles. The van der Waals surface area contributed by atoms with Crippen LogP contribution >= 0.6 is 0 Å². The molecule has 0 amide bonds. The van der Waals surface area contributed by atoms with Crippen molar-refractivity contribution in [2.75, 3.05) is 0 Å². The maximum absolute atomic E-state index is 2.48. The SMILES string of the molecule is CCCCCCC/C=C(/C)CCCCCCC. The molecule has 0 rings (SSSR count). The van der Waals surface area contributed by atoms with Crippen molar-refractivity contribution in [3.05, 3.63) is 11.6 Å². The van der Waals surface area contributed by atoms with Crippen molar-refractivity contribution < 1.29 is 0 Å². The molecule has 0 aromatic heterocycles. The van der Waals surface area contributed by atoms with Gasteiger partial charge in [0.1, 0.15) is 0 Å². The molecule has 0 heterocycles. The van der Waals surface area contributed by atoms with E-state index < -0.39 is 0 Å². The third kappa shape index (κ3) is 13.7. The summed E-state index contributed by atoms with van der Waals surface area (Å²) in [5.74, 6) is 0. The maximum atomic E-state index is 2.48. The lowest BCUT2D eigenvalue weighted by Gasteiger charge is -2.02. The highest BCUT2D eigenvalue weighted by Crippen LogP contribution is 2.13. The Morgan fingerprint density at radius 3 is 1.82 bits per heavy atom. The first-order chi connectivity index (χ1) is 8.31. The highest BCUT2D eigenvalue weighted by Gasteiger charge is 1.92. The van der Waals surface area contributed by atoms with E-state index in [0.717, 1.165) is 0 Å². The minimum Gasteiger partial charge on any atom is -0.0856 e. The smallest absolute Gasteiger partial charge is 0.0323 e. The van der Waals surface area contributed by atoms with Gasteiger partial charge in [-0.1, -0.05) is 76.9 Å². The molecule has 0 aliphatic rings. The summed E-state index contributed by atoms with van der Waals surface area (Å²) in [5, 5.41) is 0. The number of rotatable bonds is 12. The van der Waals surface area contributed by atoms with Gasteiger partial charge < -0.3 is 0 Å². The Morgan fingerprint density at radius 2 is 1.24 bits per heavy atom. The molecule has 0 nitrogen and oxygen atoms in total. The van der Waals surface area contributed by atoms with Crippen molar-refractivity contribution in [1.29, 1.82) is 0 Å². The van der Waals surface area contributed by atoms with Crippen LogP contribution in [0.4, 0.5) is 0 Å². The average molecular weight is 238 g/mol. The van der Waals surface area contributed by atoms with Gasteiger partial charge in [0, 0.05) is 0 Å². The first-order valence-electron chi connectivity index (χ1n) is 7.96. The van der Waals surface area contributed by atoms with Crippen molar-refractivity contribution in [3.8, 4) is 0 Å². The topological polar surface area (TPSA) is 0 Å². The Hall–Kier alpha value is -0.260. The lowest BCUT2D eigenvalue weighted by Crippen LogP contribution is -1.82. The molecule has 0 aromatic carbocycles. The van der Waals surface area contributed by atoms with E-state index in [1.54, 1.807) is 5.57 Å². The fraction of sp³-hybridized carbons (Fsp3) is 0.882. The molecule has 0 unspecified atom stereocenters. The summed E-state index contributed by atoms with van der Waals surface area (Å²) in [6.45, 7) is 6.87. The molecular formula is C17H34. The molecule has 0 aliphatic carbocycles. The Bertz CT molecular complexity index is 167. The minimum absolute atomic E-state index is 1.31. The average Bonchev–Trinajstić information content (AvgIpc) is 2.33. The Kier molecular flexibility index (Phi) is 13.6. The summed E-state index contributed by atoms with van der Waals surface area (Å²) in [4.78, 5) is 0. The first-order valence-corrected chi connectivity index (χ1v) is 7.96. The van der Waals surface area contributed by atoms with E-state index in [1.807, 2.05) is 0 Å². The largest absolute Gasteiger partial charge is 0.0856 e. The molecule has 0 bridgehead atoms. The molecule has 0 N–H and O–H groups in total. The molecule has 0 saturated carbocycles. The van der Waals surface area contributed by atoms with E-state index in [2.05, 4.69) is 26.8 Å². The second kappa shape index (κ2) is 13.8. The van der Waals surface area contributed by atoms with Crippen LogP contribution in [0.2, 0.25) is 0 Å². The Morgan fingerprint density at radius 1 is 0.706 bits per heavy atom. The third-order valence-electron chi connectivity index (χ3n) is 3.48. The Balaban J connectivity index is 3.26. The Labute approximate surface area is 110 Å². The van der Waals surface area contributed by atoms with E-state index in [9.17, 15) is 0 Å². The number of unbranched alkanes of at least 4 members (excludes halogenated alkanes) is 9. The zero-order chi connectivity index (χ0) is 12.8. The molecule has 17 heavy (non-hydrogen) atoms. The highest BCUT2D eigenvalue weighted by atomic mass is 14.0. The van der Waals surface area contributed by atoms with Gasteiger partial charge in [-0.3, -0.25) is 0 Å². The summed E-state index contributed by atoms with van der Waals surface area (Å²) in [6.07, 6.45) is 19.2. The van der Waals surface area contributed by atoms with Crippen LogP contribution in [0.1, 0.15) is 97.8 Å². The normalized spacial score (nSPS) is 12.1. The third-order valence-corrected chi connectivity index (χ3v) is 3.48. The van der Waals surface area contributed by atoms with Crippen LogP contribution in [0.25, 0.3) is 0 Å². The standard InChI is InChI=1S/C17H34/c1-4-6-8-10-12-14-16-17(3)15-13-11-9-7-5-2/h16H,4-15H2,1-3H3/b17-16-. The highest BCUT2D eigenvalue weighted by molar-refractivity contribution is 4.97. The van der Waals surface area contributed by atoms with Crippen molar-refractivity contribution >= 4 is 0 Å². The molecule has 0 heteroatoms. The zero-order valence-electron chi connectivity index (χ0n) is 12.6. The molecule has 0 fully saturated rings. The summed E-state index contributed by atoms with van der Waals surface area (Å²) in [6, 6.07) is 0. The van der Waals surface area contributed by atoms with Gasteiger partial charge in [-0.15, -0.1) is 0 Å². The van der Waals surface area contributed by atoms with Crippen LogP contribution in [-0.2, 0) is 0 Å². The quantitative estimate of drug-likeness (QED) is 0.263. The first kappa shape index (κ1) is 16.7. The van der Waals surface area contributed by atoms with Crippen molar-refractivity contribution in [3.63, 3.8) is 0 Å². The van der Waals surface area contributed by atoms with Gasteiger partial charge in [-0.25, -0.2) is 0 Å². The van der Waals surface area contributed by atoms with Crippen LogP contribution in [0, 0.1) is 0 Å². The monoisotopic (exact) mass is 238 g/mol. The van der Waals surface area contributed by atoms with E-state index in [1.165, 1.54) is 77.0 Å². The second-order valence-electron chi connectivity index (χ2n) is 5.42. The van der Waals surface area contributed by atoms with E-state index in [-0.39, 0.29) is 0 Å². The zero-order valence-corrected chi connectivity index (χ0v) is 12.6. The number of hydrogen-bond acceptors (Lipinski definition) is 0. The molecule has 0 spiro atoms. The van der Waals surface area contributed by atoms with Crippen molar-refractivity contribution in [2.24, 2.45) is 0 Å². The van der Waals surface area contributed by atoms with Crippen LogP contribution in [0.15, 0.2) is 11.6 Å². The van der Waals surface area contributed by atoms with Gasteiger partial charge in [-0.2, -0.15) is 0 Å². The van der Waals surface area contributed by atoms with Crippen LogP contribution in [-0.4, -0.2) is 0 Å². The van der Waals surface area contributed by atoms with Crippen molar-refractivity contribution in [2.45, 2.75) is 97.8 Å². The summed E-state index contributed by atoms with van der Waals surface area (Å²) >= 11 is 0. The van der Waals surface area contributed by atoms with Gasteiger partial charge in [0.05, 0.1) is 0 Å². The fourth-order valence-electron chi connectivity index (χ4n) is 2.21. The fourth-order valence-corrected chi connectivity index (χ4v) is 2.21. The molecule has 0 radical (unpaired) electrons. The summed E-state index contributed by atoms with van der Waals surface area (Å²) in [7, 11) is 0. The molecule has 0 aliphatic heterocycles. The predicted molar refractivity (Wildman–Crippen MR) is 80.5 cm³/mol. The summed E-state index contributed by atoms with van der Waals surface area (Å²) in [5.41, 5.74) is 1.62. The molecular weight excluding hydrogens is 204 g/mol. The van der Waals surface area contributed by atoms with E-state index in [4.69, 9.17) is 0 Å². The van der Waals surface area contributed by atoms with Gasteiger partial charge in [-0.05, 0) is 32.6 Å². The molecule has 102 valence electrons. The van der Waals surface area contributed by atoms with Crippen LogP contribution in [0.3, 0.4) is 0 Å². The lowest BCUT2D eigenvalue weighted by atomic mass is 10.0. The molecule has 0 atom stereocenters. The number of allylic oxidation sites excluding steroid dienone is 2. The van der Waals surface area contributed by atoms with E-state index in [0.29, 0.717) is 0 Å². The van der Waals surface area contributed by atoms with Crippen LogP contribution in [0.5, 0.6) is 0 Å². The molecule has 0 aromatic rings.